The summed E-state index contributed by atoms with van der Waals surface area (Å²) in [5, 5.41) is 2.89. The number of carbonyl (C=O) groups is 1. The van der Waals surface area contributed by atoms with Crippen molar-refractivity contribution in [1.29, 1.82) is 0 Å². The van der Waals surface area contributed by atoms with Crippen LogP contribution in [0.5, 0.6) is 5.75 Å². The molecule has 1 unspecified atom stereocenters. The van der Waals surface area contributed by atoms with Gasteiger partial charge in [-0.1, -0.05) is 6.07 Å². The van der Waals surface area contributed by atoms with Crippen LogP contribution < -0.4 is 15.8 Å². The van der Waals surface area contributed by atoms with Crippen LogP contribution in [0.3, 0.4) is 0 Å². The average Bonchev–Trinajstić information content (AvgIpc) is 2.47. The lowest BCUT2D eigenvalue weighted by Gasteiger charge is -2.30. The maximum absolute atomic E-state index is 12.3. The first-order chi connectivity index (χ1) is 10.1. The van der Waals surface area contributed by atoms with Gasteiger partial charge in [-0.2, -0.15) is 0 Å². The average molecular weight is 293 g/mol. The first kappa shape index (κ1) is 15.6. The van der Waals surface area contributed by atoms with Crippen molar-refractivity contribution >= 4 is 11.6 Å². The summed E-state index contributed by atoms with van der Waals surface area (Å²) < 4.78 is 11.1. The number of likely N-dealkylation sites (N-methyl/N-ethyl adjacent to an activating group) is 1. The Morgan fingerprint density at radius 1 is 1.57 bits per heavy atom. The number of hydrogen-bond acceptors (Lipinski definition) is 5. The molecule has 21 heavy (non-hydrogen) atoms. The molecule has 0 radical (unpaired) electrons. The highest BCUT2D eigenvalue weighted by molar-refractivity contribution is 5.98. The Kier molecular flexibility index (Phi) is 5.41. The van der Waals surface area contributed by atoms with Crippen molar-refractivity contribution in [2.75, 3.05) is 45.6 Å². The zero-order chi connectivity index (χ0) is 15.2. The largest absolute Gasteiger partial charge is 0.491 e. The molecule has 1 aliphatic rings. The predicted molar refractivity (Wildman–Crippen MR) is 81.6 cm³/mol. The van der Waals surface area contributed by atoms with Gasteiger partial charge < -0.3 is 25.4 Å². The molecule has 0 bridgehead atoms. The number of hydrogen-bond donors (Lipinski definition) is 2. The molecule has 1 aliphatic heterocycles. The third-order valence-electron chi connectivity index (χ3n) is 3.41. The number of morpholine rings is 1. The van der Waals surface area contributed by atoms with E-state index >= 15 is 0 Å². The molecule has 1 heterocycles. The van der Waals surface area contributed by atoms with Crippen LogP contribution in [0.1, 0.15) is 17.3 Å². The summed E-state index contributed by atoms with van der Waals surface area (Å²) in [4.78, 5) is 14.5. The quantitative estimate of drug-likeness (QED) is 0.783. The summed E-state index contributed by atoms with van der Waals surface area (Å²) in [6, 6.07) is 5.18. The van der Waals surface area contributed by atoms with Gasteiger partial charge in [-0.25, -0.2) is 0 Å². The van der Waals surface area contributed by atoms with Crippen molar-refractivity contribution in [2.45, 2.75) is 13.0 Å². The maximum atomic E-state index is 12.3. The Balaban J connectivity index is 1.98. The number of ether oxygens (including phenoxy) is 2. The molecule has 6 heteroatoms. The third-order valence-corrected chi connectivity index (χ3v) is 3.41. The molecule has 0 aromatic heterocycles. The maximum Gasteiger partial charge on any atom is 0.255 e. The molecule has 1 aromatic rings. The second kappa shape index (κ2) is 7.28. The van der Waals surface area contributed by atoms with E-state index in [4.69, 9.17) is 15.2 Å². The monoisotopic (exact) mass is 293 g/mol. The fourth-order valence-corrected chi connectivity index (χ4v) is 2.33. The fraction of sp³-hybridized carbons (Fsp3) is 0.533. The van der Waals surface area contributed by atoms with Gasteiger partial charge in [0.05, 0.1) is 30.6 Å². The van der Waals surface area contributed by atoms with Crippen molar-refractivity contribution in [3.63, 3.8) is 0 Å². The molecule has 1 amide bonds. The molecule has 1 saturated heterocycles. The number of nitrogen functional groups attached to an aromatic ring is 1. The smallest absolute Gasteiger partial charge is 0.255 e. The van der Waals surface area contributed by atoms with Crippen LogP contribution in [0.2, 0.25) is 0 Å². The SMILES string of the molecule is CCOc1c(N)cccc1C(=O)NCC1CN(C)CCO1. The lowest BCUT2D eigenvalue weighted by molar-refractivity contribution is -0.0175. The molecule has 3 N–H and O–H groups in total. The van der Waals surface area contributed by atoms with E-state index in [1.54, 1.807) is 18.2 Å². The second-order valence-electron chi connectivity index (χ2n) is 5.12. The van der Waals surface area contributed by atoms with Crippen molar-refractivity contribution in [3.8, 4) is 5.75 Å². The summed E-state index contributed by atoms with van der Waals surface area (Å²) in [6.07, 6.45) is 0.0179. The van der Waals surface area contributed by atoms with Gasteiger partial charge in [0.1, 0.15) is 0 Å². The van der Waals surface area contributed by atoms with Gasteiger partial charge in [0.25, 0.3) is 5.91 Å². The summed E-state index contributed by atoms with van der Waals surface area (Å²) in [5.74, 6) is 0.252. The predicted octanol–water partition coefficient (Wildman–Crippen LogP) is 0.728. The lowest BCUT2D eigenvalue weighted by atomic mass is 10.1. The van der Waals surface area contributed by atoms with E-state index in [-0.39, 0.29) is 12.0 Å². The molecule has 1 fully saturated rings. The summed E-state index contributed by atoms with van der Waals surface area (Å²) in [6.45, 7) is 5.23. The van der Waals surface area contributed by atoms with E-state index in [2.05, 4.69) is 10.2 Å². The highest BCUT2D eigenvalue weighted by Crippen LogP contribution is 2.26. The first-order valence-electron chi connectivity index (χ1n) is 7.21. The number of benzene rings is 1. The standard InChI is InChI=1S/C15H23N3O3/c1-3-20-14-12(5-4-6-13(14)16)15(19)17-9-11-10-18(2)7-8-21-11/h4-6,11H,3,7-10,16H2,1-2H3,(H,17,19). The molecule has 2 rings (SSSR count). The van der Waals surface area contributed by atoms with Gasteiger partial charge in [-0.3, -0.25) is 4.79 Å². The molecule has 0 saturated carbocycles. The van der Waals surface area contributed by atoms with Gasteiger partial charge in [0.15, 0.2) is 5.75 Å². The Hall–Kier alpha value is -1.79. The van der Waals surface area contributed by atoms with Gasteiger partial charge in [0.2, 0.25) is 0 Å². The summed E-state index contributed by atoms with van der Waals surface area (Å²) in [5.41, 5.74) is 6.80. The number of para-hydroxylation sites is 1. The van der Waals surface area contributed by atoms with Crippen LogP contribution in [0, 0.1) is 0 Å². The molecule has 0 spiro atoms. The zero-order valence-corrected chi connectivity index (χ0v) is 12.6. The number of nitrogens with two attached hydrogens (primary N) is 1. The topological polar surface area (TPSA) is 76.8 Å². The van der Waals surface area contributed by atoms with Crippen LogP contribution in [-0.4, -0.2) is 56.8 Å². The number of amides is 1. The van der Waals surface area contributed by atoms with E-state index in [0.29, 0.717) is 36.8 Å². The molecular formula is C15H23N3O3. The number of anilines is 1. The third kappa shape index (κ3) is 4.09. The second-order valence-corrected chi connectivity index (χ2v) is 5.12. The van der Waals surface area contributed by atoms with Crippen LogP contribution in [-0.2, 0) is 4.74 Å². The number of nitrogens with zero attached hydrogens (tertiary/aromatic N) is 1. The normalized spacial score (nSPS) is 19.2. The van der Waals surface area contributed by atoms with Gasteiger partial charge in [-0.15, -0.1) is 0 Å². The molecule has 6 nitrogen and oxygen atoms in total. The van der Waals surface area contributed by atoms with Crippen molar-refractivity contribution < 1.29 is 14.3 Å². The fourth-order valence-electron chi connectivity index (χ4n) is 2.33. The molecule has 0 aliphatic carbocycles. The molecule has 116 valence electrons. The zero-order valence-electron chi connectivity index (χ0n) is 12.6. The van der Waals surface area contributed by atoms with Gasteiger partial charge in [-0.05, 0) is 26.1 Å². The van der Waals surface area contributed by atoms with E-state index in [9.17, 15) is 4.79 Å². The minimum atomic E-state index is -0.192. The van der Waals surface area contributed by atoms with Crippen molar-refractivity contribution in [2.24, 2.45) is 0 Å². The van der Waals surface area contributed by atoms with Crippen LogP contribution in [0.25, 0.3) is 0 Å². The Morgan fingerprint density at radius 3 is 3.10 bits per heavy atom. The van der Waals surface area contributed by atoms with Gasteiger partial charge >= 0.3 is 0 Å². The Bertz CT molecular complexity index is 493. The van der Waals surface area contributed by atoms with E-state index in [1.807, 2.05) is 14.0 Å². The Labute approximate surface area is 125 Å². The lowest BCUT2D eigenvalue weighted by Crippen LogP contribution is -2.45. The van der Waals surface area contributed by atoms with E-state index < -0.39 is 0 Å². The van der Waals surface area contributed by atoms with Crippen molar-refractivity contribution in [3.05, 3.63) is 23.8 Å². The van der Waals surface area contributed by atoms with Crippen LogP contribution in [0.4, 0.5) is 5.69 Å². The summed E-state index contributed by atoms with van der Waals surface area (Å²) in [7, 11) is 2.04. The minimum Gasteiger partial charge on any atom is -0.491 e. The highest BCUT2D eigenvalue weighted by Gasteiger charge is 2.20. The van der Waals surface area contributed by atoms with Crippen LogP contribution >= 0.6 is 0 Å². The highest BCUT2D eigenvalue weighted by atomic mass is 16.5. The summed E-state index contributed by atoms with van der Waals surface area (Å²) >= 11 is 0. The van der Waals surface area contributed by atoms with Crippen LogP contribution in [0.15, 0.2) is 18.2 Å². The molecule has 1 atom stereocenters. The minimum absolute atomic E-state index is 0.0179. The first-order valence-corrected chi connectivity index (χ1v) is 7.21. The van der Waals surface area contributed by atoms with E-state index in [0.717, 1.165) is 13.1 Å². The number of rotatable bonds is 5. The number of nitrogens with one attached hydrogen (secondary N) is 1. The van der Waals surface area contributed by atoms with Gasteiger partial charge in [0, 0.05) is 19.6 Å². The van der Waals surface area contributed by atoms with Crippen molar-refractivity contribution in [1.82, 2.24) is 10.2 Å². The molecule has 1 aromatic carbocycles. The molecular weight excluding hydrogens is 270 g/mol. The number of carbonyl (C=O) groups excluding carboxylic acids is 1. The van der Waals surface area contributed by atoms with E-state index in [1.165, 1.54) is 0 Å². The Morgan fingerprint density at radius 2 is 2.38 bits per heavy atom.